The molecule has 2 N–H and O–H groups in total. The van der Waals surface area contributed by atoms with E-state index in [0.29, 0.717) is 25.1 Å². The molecule has 0 radical (unpaired) electrons. The van der Waals surface area contributed by atoms with Crippen LogP contribution in [0, 0.1) is 0 Å². The predicted molar refractivity (Wildman–Crippen MR) is 74.2 cm³/mol. The van der Waals surface area contributed by atoms with Gasteiger partial charge in [0, 0.05) is 31.4 Å². The summed E-state index contributed by atoms with van der Waals surface area (Å²) in [6.45, 7) is 5.68. The molecule has 2 heterocycles. The van der Waals surface area contributed by atoms with Gasteiger partial charge in [-0.3, -0.25) is 4.79 Å². The molecule has 5 heteroatoms. The average Bonchev–Trinajstić information content (AvgIpc) is 2.76. The number of carbonyl (C=O) groups is 1. The van der Waals surface area contributed by atoms with Crippen molar-refractivity contribution in [1.29, 1.82) is 0 Å². The number of carbonyl (C=O) groups excluding carboxylic acids is 1. The molecular weight excluding hydrogens is 242 g/mol. The summed E-state index contributed by atoms with van der Waals surface area (Å²) < 4.78 is 0. The minimum atomic E-state index is -0.758. The molecule has 0 saturated carbocycles. The van der Waals surface area contributed by atoms with E-state index in [0.717, 1.165) is 18.8 Å². The minimum absolute atomic E-state index is 0.0419. The molecule has 0 spiro atoms. The van der Waals surface area contributed by atoms with Crippen LogP contribution in [0.15, 0.2) is 18.3 Å². The second-order valence-corrected chi connectivity index (χ2v) is 5.33. The van der Waals surface area contributed by atoms with Crippen LogP contribution in [0.25, 0.3) is 0 Å². The summed E-state index contributed by atoms with van der Waals surface area (Å²) in [5, 5.41) is 13.1. The fourth-order valence-electron chi connectivity index (χ4n) is 2.21. The summed E-state index contributed by atoms with van der Waals surface area (Å²) in [6.07, 6.45) is 3.28. The van der Waals surface area contributed by atoms with Crippen molar-refractivity contribution in [1.82, 2.24) is 9.88 Å². The highest BCUT2D eigenvalue weighted by molar-refractivity contribution is 5.95. The number of aliphatic hydroxyl groups is 1. The number of amides is 1. The predicted octanol–water partition coefficient (Wildman–Crippen LogP) is 1.50. The van der Waals surface area contributed by atoms with E-state index in [1.165, 1.54) is 0 Å². The molecule has 1 aromatic rings. The smallest absolute Gasteiger partial charge is 0.254 e. The zero-order chi connectivity index (χ0) is 13.9. The van der Waals surface area contributed by atoms with Crippen LogP contribution in [0.4, 0.5) is 5.82 Å². The molecule has 1 atom stereocenters. The molecule has 1 unspecified atom stereocenters. The lowest BCUT2D eigenvalue weighted by Crippen LogP contribution is -2.33. The van der Waals surface area contributed by atoms with E-state index in [9.17, 15) is 9.90 Å². The highest BCUT2D eigenvalue weighted by Crippen LogP contribution is 2.22. The third-order valence-electron chi connectivity index (χ3n) is 3.30. The monoisotopic (exact) mass is 263 g/mol. The first-order valence-electron chi connectivity index (χ1n) is 6.73. The summed E-state index contributed by atoms with van der Waals surface area (Å²) in [5.41, 5.74) is -0.141. The average molecular weight is 263 g/mol. The standard InChI is InChI=1S/C14H21N3O2/c1-3-6-15-12-9-11(4-7-16-12)13(18)17-8-5-14(2,19)10-17/h4,7,9,19H,3,5-6,8,10H2,1-2H3,(H,15,16). The largest absolute Gasteiger partial charge is 0.388 e. The Kier molecular flexibility index (Phi) is 4.04. The van der Waals surface area contributed by atoms with Crippen molar-refractivity contribution in [3.05, 3.63) is 23.9 Å². The highest BCUT2D eigenvalue weighted by atomic mass is 16.3. The zero-order valence-electron chi connectivity index (χ0n) is 11.5. The number of pyridine rings is 1. The van der Waals surface area contributed by atoms with E-state index in [2.05, 4.69) is 17.2 Å². The number of aromatic nitrogens is 1. The Hall–Kier alpha value is -1.62. The Morgan fingerprint density at radius 2 is 2.42 bits per heavy atom. The quantitative estimate of drug-likeness (QED) is 0.864. The molecule has 1 aliphatic rings. The van der Waals surface area contributed by atoms with Crippen molar-refractivity contribution in [2.45, 2.75) is 32.3 Å². The molecule has 1 fully saturated rings. The van der Waals surface area contributed by atoms with E-state index in [1.807, 2.05) is 0 Å². The highest BCUT2D eigenvalue weighted by Gasteiger charge is 2.34. The van der Waals surface area contributed by atoms with Crippen molar-refractivity contribution >= 4 is 11.7 Å². The maximum atomic E-state index is 12.3. The van der Waals surface area contributed by atoms with Gasteiger partial charge in [0.05, 0.1) is 5.60 Å². The van der Waals surface area contributed by atoms with Crippen LogP contribution in [0.2, 0.25) is 0 Å². The second kappa shape index (κ2) is 5.57. The van der Waals surface area contributed by atoms with Crippen LogP contribution in [-0.4, -0.2) is 46.1 Å². The van der Waals surface area contributed by atoms with Crippen LogP contribution < -0.4 is 5.32 Å². The molecule has 1 aliphatic heterocycles. The Morgan fingerprint density at radius 1 is 1.63 bits per heavy atom. The van der Waals surface area contributed by atoms with Crippen LogP contribution in [0.5, 0.6) is 0 Å². The zero-order valence-corrected chi connectivity index (χ0v) is 11.5. The Bertz CT molecular complexity index is 460. The third kappa shape index (κ3) is 3.44. The van der Waals surface area contributed by atoms with Gasteiger partial charge in [0.15, 0.2) is 0 Å². The van der Waals surface area contributed by atoms with Gasteiger partial charge in [0.2, 0.25) is 0 Å². The molecule has 0 aromatic carbocycles. The third-order valence-corrected chi connectivity index (χ3v) is 3.30. The van der Waals surface area contributed by atoms with E-state index in [1.54, 1.807) is 30.2 Å². The molecule has 1 aromatic heterocycles. The number of nitrogens with one attached hydrogen (secondary N) is 1. The number of nitrogens with zero attached hydrogens (tertiary/aromatic N) is 2. The lowest BCUT2D eigenvalue weighted by atomic mass is 10.1. The molecule has 1 amide bonds. The first-order chi connectivity index (χ1) is 9.02. The molecule has 0 bridgehead atoms. The number of likely N-dealkylation sites (tertiary alicyclic amines) is 1. The number of rotatable bonds is 4. The molecule has 5 nitrogen and oxygen atoms in total. The first-order valence-corrected chi connectivity index (χ1v) is 6.73. The SMILES string of the molecule is CCCNc1cc(C(=O)N2CCC(C)(O)C2)ccn1. The van der Waals surface area contributed by atoms with Crippen molar-refractivity contribution < 1.29 is 9.90 Å². The van der Waals surface area contributed by atoms with Crippen molar-refractivity contribution in [3.63, 3.8) is 0 Å². The Balaban J connectivity index is 2.07. The van der Waals surface area contributed by atoms with Crippen molar-refractivity contribution in [2.75, 3.05) is 25.0 Å². The molecule has 2 rings (SSSR count). The van der Waals surface area contributed by atoms with E-state index < -0.39 is 5.60 Å². The van der Waals surface area contributed by atoms with Gasteiger partial charge in [0.25, 0.3) is 5.91 Å². The lowest BCUT2D eigenvalue weighted by molar-refractivity contribution is 0.0572. The summed E-state index contributed by atoms with van der Waals surface area (Å²) in [7, 11) is 0. The number of hydrogen-bond acceptors (Lipinski definition) is 4. The summed E-state index contributed by atoms with van der Waals surface area (Å²) >= 11 is 0. The fraction of sp³-hybridized carbons (Fsp3) is 0.571. The van der Waals surface area contributed by atoms with Gasteiger partial charge in [-0.25, -0.2) is 4.98 Å². The molecular formula is C14H21N3O2. The molecule has 0 aliphatic carbocycles. The number of β-amino-alcohol motifs (C(OH)–C–C–N with tert-alkyl or cyclic N) is 1. The van der Waals surface area contributed by atoms with Crippen LogP contribution in [0.1, 0.15) is 37.0 Å². The summed E-state index contributed by atoms with van der Waals surface area (Å²) in [5.74, 6) is 0.679. The summed E-state index contributed by atoms with van der Waals surface area (Å²) in [6, 6.07) is 3.48. The van der Waals surface area contributed by atoms with Gasteiger partial charge < -0.3 is 15.3 Å². The number of anilines is 1. The van der Waals surface area contributed by atoms with E-state index >= 15 is 0 Å². The van der Waals surface area contributed by atoms with Gasteiger partial charge in [-0.15, -0.1) is 0 Å². The van der Waals surface area contributed by atoms with Gasteiger partial charge >= 0.3 is 0 Å². The van der Waals surface area contributed by atoms with Gasteiger partial charge in [0.1, 0.15) is 5.82 Å². The van der Waals surface area contributed by atoms with Crippen LogP contribution in [-0.2, 0) is 0 Å². The van der Waals surface area contributed by atoms with Crippen molar-refractivity contribution in [2.24, 2.45) is 0 Å². The van der Waals surface area contributed by atoms with Crippen molar-refractivity contribution in [3.8, 4) is 0 Å². The Morgan fingerprint density at radius 3 is 3.05 bits per heavy atom. The van der Waals surface area contributed by atoms with Gasteiger partial charge in [-0.05, 0) is 31.9 Å². The minimum Gasteiger partial charge on any atom is -0.388 e. The van der Waals surface area contributed by atoms with Gasteiger partial charge in [-0.2, -0.15) is 0 Å². The van der Waals surface area contributed by atoms with Gasteiger partial charge in [-0.1, -0.05) is 6.92 Å². The first kappa shape index (κ1) is 13.8. The summed E-state index contributed by atoms with van der Waals surface area (Å²) in [4.78, 5) is 18.2. The van der Waals surface area contributed by atoms with Crippen LogP contribution >= 0.6 is 0 Å². The normalized spacial score (nSPS) is 22.6. The van der Waals surface area contributed by atoms with E-state index in [4.69, 9.17) is 0 Å². The molecule has 104 valence electrons. The molecule has 19 heavy (non-hydrogen) atoms. The second-order valence-electron chi connectivity index (χ2n) is 5.33. The molecule has 1 saturated heterocycles. The lowest BCUT2D eigenvalue weighted by Gasteiger charge is -2.19. The maximum absolute atomic E-state index is 12.3. The Labute approximate surface area is 113 Å². The van der Waals surface area contributed by atoms with Crippen LogP contribution in [0.3, 0.4) is 0 Å². The topological polar surface area (TPSA) is 65.5 Å². The van der Waals surface area contributed by atoms with E-state index in [-0.39, 0.29) is 5.91 Å². The maximum Gasteiger partial charge on any atom is 0.254 e. The number of hydrogen-bond donors (Lipinski definition) is 2. The fourth-order valence-corrected chi connectivity index (χ4v) is 2.21.